The largest absolute Gasteiger partial charge is 0.491 e. The maximum Gasteiger partial charge on any atom is 0.201 e. The average Bonchev–Trinajstić information content (AvgIpc) is 2.77. The van der Waals surface area contributed by atoms with Crippen LogP contribution in [0.2, 0.25) is 0 Å². The molecule has 3 rings (SSSR count). The molecular weight excluding hydrogens is 386 g/mol. The smallest absolute Gasteiger partial charge is 0.201 e. The maximum absolute atomic E-state index is 14.5. The second-order valence-corrected chi connectivity index (χ2v) is 7.60. The zero-order valence-corrected chi connectivity index (χ0v) is 17.7. The summed E-state index contributed by atoms with van der Waals surface area (Å²) < 4.78 is 45.9. The Labute approximate surface area is 177 Å². The van der Waals surface area contributed by atoms with Gasteiger partial charge in [0.05, 0.1) is 19.3 Å². The van der Waals surface area contributed by atoms with Gasteiger partial charge in [-0.05, 0) is 56.0 Å². The van der Waals surface area contributed by atoms with Crippen molar-refractivity contribution in [3.05, 3.63) is 60.2 Å². The van der Waals surface area contributed by atoms with Gasteiger partial charge in [0.15, 0.2) is 11.6 Å². The Morgan fingerprint density at radius 2 is 1.83 bits per heavy atom. The molecule has 0 radical (unpaired) electrons. The minimum Gasteiger partial charge on any atom is -0.491 e. The number of hydrogen-bond donors (Lipinski definition) is 0. The van der Waals surface area contributed by atoms with E-state index >= 15 is 0 Å². The molecule has 2 aromatic rings. The van der Waals surface area contributed by atoms with Crippen molar-refractivity contribution in [3.8, 4) is 22.6 Å². The van der Waals surface area contributed by atoms with E-state index < -0.39 is 11.6 Å². The molecule has 0 N–H and O–H groups in total. The summed E-state index contributed by atoms with van der Waals surface area (Å²) in [5, 5.41) is 0. The fraction of sp³-hybridized carbons (Fsp3) is 0.440. The maximum atomic E-state index is 14.5. The van der Waals surface area contributed by atoms with Gasteiger partial charge in [0.2, 0.25) is 5.82 Å². The third-order valence-corrected chi connectivity index (χ3v) is 5.27. The molecule has 30 heavy (non-hydrogen) atoms. The van der Waals surface area contributed by atoms with Crippen molar-refractivity contribution in [1.82, 2.24) is 0 Å². The molecule has 1 fully saturated rings. The van der Waals surface area contributed by atoms with Crippen LogP contribution in [0.5, 0.6) is 11.5 Å². The summed E-state index contributed by atoms with van der Waals surface area (Å²) in [5.41, 5.74) is 0.787. The van der Waals surface area contributed by atoms with Gasteiger partial charge in [-0.15, -0.1) is 0 Å². The van der Waals surface area contributed by atoms with E-state index in [4.69, 9.17) is 14.2 Å². The van der Waals surface area contributed by atoms with Crippen LogP contribution in [0.3, 0.4) is 0 Å². The van der Waals surface area contributed by atoms with Gasteiger partial charge in [-0.1, -0.05) is 37.6 Å². The number of benzene rings is 2. The summed E-state index contributed by atoms with van der Waals surface area (Å²) in [6, 6.07) is 10.0. The molecule has 1 heterocycles. The molecular formula is C25H30F2O3. The molecule has 0 amide bonds. The van der Waals surface area contributed by atoms with E-state index in [-0.39, 0.29) is 17.4 Å². The number of halogens is 2. The minimum absolute atomic E-state index is 0.0474. The molecule has 1 saturated heterocycles. The highest BCUT2D eigenvalue weighted by Crippen LogP contribution is 2.31. The third kappa shape index (κ3) is 5.82. The second-order valence-electron chi connectivity index (χ2n) is 7.60. The summed E-state index contributed by atoms with van der Waals surface area (Å²) in [6.07, 6.45) is 8.12. The van der Waals surface area contributed by atoms with Crippen LogP contribution in [-0.2, 0) is 4.74 Å². The van der Waals surface area contributed by atoms with Crippen molar-refractivity contribution in [3.63, 3.8) is 0 Å². The third-order valence-electron chi connectivity index (χ3n) is 5.27. The SMILES string of the molecule is C/C=C/C1CCC(COc2ccc(-c3ccc(OCCCC)c(F)c3F)cc2)OC1. The molecule has 5 heteroatoms. The molecule has 1 aliphatic rings. The number of ether oxygens (including phenoxy) is 3. The van der Waals surface area contributed by atoms with Crippen molar-refractivity contribution in [1.29, 1.82) is 0 Å². The highest BCUT2D eigenvalue weighted by Gasteiger charge is 2.20. The van der Waals surface area contributed by atoms with E-state index in [2.05, 4.69) is 12.2 Å². The summed E-state index contributed by atoms with van der Waals surface area (Å²) >= 11 is 0. The first-order valence-corrected chi connectivity index (χ1v) is 10.7. The van der Waals surface area contributed by atoms with Crippen LogP contribution in [0.4, 0.5) is 8.78 Å². The lowest BCUT2D eigenvalue weighted by molar-refractivity contribution is -0.0275. The number of hydrogen-bond acceptors (Lipinski definition) is 3. The highest BCUT2D eigenvalue weighted by molar-refractivity contribution is 5.66. The number of allylic oxidation sites excluding steroid dienone is 1. The molecule has 0 aromatic heterocycles. The van der Waals surface area contributed by atoms with Crippen molar-refractivity contribution in [2.45, 2.75) is 45.6 Å². The molecule has 2 aromatic carbocycles. The van der Waals surface area contributed by atoms with Crippen LogP contribution < -0.4 is 9.47 Å². The molecule has 0 spiro atoms. The Kier molecular flexibility index (Phi) is 8.26. The first kappa shape index (κ1) is 22.3. The van der Waals surface area contributed by atoms with Gasteiger partial charge in [-0.25, -0.2) is 4.39 Å². The van der Waals surface area contributed by atoms with Gasteiger partial charge < -0.3 is 14.2 Å². The zero-order valence-electron chi connectivity index (χ0n) is 17.7. The normalized spacial score (nSPS) is 19.2. The molecule has 2 unspecified atom stereocenters. The lowest BCUT2D eigenvalue weighted by atomic mass is 9.98. The van der Waals surface area contributed by atoms with E-state index in [1.807, 2.05) is 13.8 Å². The topological polar surface area (TPSA) is 27.7 Å². The Morgan fingerprint density at radius 3 is 2.50 bits per heavy atom. The van der Waals surface area contributed by atoms with Crippen LogP contribution in [0.1, 0.15) is 39.5 Å². The van der Waals surface area contributed by atoms with Crippen molar-refractivity contribution in [2.75, 3.05) is 19.8 Å². The van der Waals surface area contributed by atoms with E-state index in [1.54, 1.807) is 30.3 Å². The quantitative estimate of drug-likeness (QED) is 0.342. The van der Waals surface area contributed by atoms with Crippen LogP contribution in [-0.4, -0.2) is 25.9 Å². The highest BCUT2D eigenvalue weighted by atomic mass is 19.2. The van der Waals surface area contributed by atoms with Crippen LogP contribution in [0.25, 0.3) is 11.1 Å². The molecule has 0 bridgehead atoms. The van der Waals surface area contributed by atoms with Gasteiger partial charge in [0.1, 0.15) is 12.4 Å². The van der Waals surface area contributed by atoms with E-state index in [0.29, 0.717) is 30.4 Å². The Bertz CT molecular complexity index is 825. The van der Waals surface area contributed by atoms with Gasteiger partial charge in [0, 0.05) is 11.5 Å². The van der Waals surface area contributed by atoms with Crippen molar-refractivity contribution < 1.29 is 23.0 Å². The standard InChI is InChI=1S/C25H30F2O3/c1-3-5-15-28-23-14-13-22(24(26)25(23)27)19-8-11-20(12-9-19)30-17-21-10-7-18(6-4-2)16-29-21/h4,6,8-9,11-14,18,21H,3,5,7,10,15-17H2,1-2H3/b6-4+. The van der Waals surface area contributed by atoms with Gasteiger partial charge >= 0.3 is 0 Å². The summed E-state index contributed by atoms with van der Waals surface area (Å²) in [6.45, 7) is 5.61. The van der Waals surface area contributed by atoms with E-state index in [0.717, 1.165) is 32.3 Å². The van der Waals surface area contributed by atoms with Crippen molar-refractivity contribution >= 4 is 0 Å². The Hall–Kier alpha value is -2.40. The van der Waals surface area contributed by atoms with E-state index in [1.165, 1.54) is 6.07 Å². The van der Waals surface area contributed by atoms with Gasteiger partial charge in [-0.2, -0.15) is 4.39 Å². The van der Waals surface area contributed by atoms with E-state index in [9.17, 15) is 8.78 Å². The van der Waals surface area contributed by atoms with Gasteiger partial charge in [-0.3, -0.25) is 0 Å². The summed E-state index contributed by atoms with van der Waals surface area (Å²) in [7, 11) is 0. The minimum atomic E-state index is -0.949. The van der Waals surface area contributed by atoms with Gasteiger partial charge in [0.25, 0.3) is 0 Å². The fourth-order valence-electron chi connectivity index (χ4n) is 3.49. The van der Waals surface area contributed by atoms with Crippen LogP contribution in [0, 0.1) is 17.6 Å². The molecule has 0 aliphatic carbocycles. The predicted molar refractivity (Wildman–Crippen MR) is 115 cm³/mol. The van der Waals surface area contributed by atoms with Crippen LogP contribution >= 0.6 is 0 Å². The van der Waals surface area contributed by atoms with Crippen molar-refractivity contribution in [2.24, 2.45) is 5.92 Å². The monoisotopic (exact) mass is 416 g/mol. The Balaban J connectivity index is 1.57. The number of rotatable bonds is 9. The molecule has 162 valence electrons. The predicted octanol–water partition coefficient (Wildman–Crippen LogP) is 6.56. The molecule has 3 nitrogen and oxygen atoms in total. The summed E-state index contributed by atoms with van der Waals surface area (Å²) in [4.78, 5) is 0. The molecule has 0 saturated carbocycles. The summed E-state index contributed by atoms with van der Waals surface area (Å²) in [5.74, 6) is -0.727. The van der Waals surface area contributed by atoms with Crippen LogP contribution in [0.15, 0.2) is 48.6 Å². The first-order valence-electron chi connectivity index (χ1n) is 10.7. The first-order chi connectivity index (χ1) is 14.6. The average molecular weight is 417 g/mol. The zero-order chi connectivity index (χ0) is 21.3. The lowest BCUT2D eigenvalue weighted by Crippen LogP contribution is -2.29. The molecule has 2 atom stereocenters. The lowest BCUT2D eigenvalue weighted by Gasteiger charge is -2.27. The molecule has 1 aliphatic heterocycles. The second kappa shape index (κ2) is 11.1. The number of unbranched alkanes of at least 4 members (excludes halogenated alkanes) is 1. The fourth-order valence-corrected chi connectivity index (χ4v) is 3.49. The Morgan fingerprint density at radius 1 is 1.03 bits per heavy atom.